The van der Waals surface area contributed by atoms with Gasteiger partial charge in [-0.05, 0) is 40.0 Å². The van der Waals surface area contributed by atoms with E-state index in [0.717, 1.165) is 12.8 Å². The Morgan fingerprint density at radius 3 is 2.62 bits per heavy atom. The second-order valence-corrected chi connectivity index (χ2v) is 5.39. The molecule has 0 saturated heterocycles. The maximum atomic E-state index is 12.1. The van der Waals surface area contributed by atoms with Crippen LogP contribution in [0, 0.1) is 0 Å². The highest BCUT2D eigenvalue weighted by Gasteiger charge is 2.21. The Balaban J connectivity index is 2.29. The van der Waals surface area contributed by atoms with Crippen molar-refractivity contribution in [1.82, 2.24) is 9.55 Å². The van der Waals surface area contributed by atoms with Gasteiger partial charge in [-0.2, -0.15) is 0 Å². The molecule has 0 bridgehead atoms. The molecule has 16 heavy (non-hydrogen) atoms. The van der Waals surface area contributed by atoms with Gasteiger partial charge < -0.3 is 9.88 Å². The van der Waals surface area contributed by atoms with Gasteiger partial charge in [0.25, 0.3) is 5.56 Å². The summed E-state index contributed by atoms with van der Waals surface area (Å²) in [6, 6.07) is 0.441. The molecule has 1 aromatic heterocycles. The second kappa shape index (κ2) is 3.92. The Morgan fingerprint density at radius 2 is 2.12 bits per heavy atom. The second-order valence-electron chi connectivity index (χ2n) is 5.39. The number of hydrogen-bond acceptors (Lipinski definition) is 3. The number of rotatable bonds is 2. The standard InChI is InChI=1S/C12H19N3O/c1-12(2,3)15-8-7-13-10(11(15)16)14-9-5-4-6-9/h7-9H,4-6H2,1-3H3,(H,13,14). The molecule has 1 aliphatic rings. The highest BCUT2D eigenvalue weighted by Crippen LogP contribution is 2.21. The molecule has 4 heteroatoms. The van der Waals surface area contributed by atoms with Gasteiger partial charge in [-0.25, -0.2) is 4.98 Å². The molecule has 1 heterocycles. The SMILES string of the molecule is CC(C)(C)n1ccnc(NC2CCC2)c1=O. The van der Waals surface area contributed by atoms with E-state index in [0.29, 0.717) is 11.9 Å². The monoisotopic (exact) mass is 221 g/mol. The van der Waals surface area contributed by atoms with Gasteiger partial charge in [-0.3, -0.25) is 4.79 Å². The van der Waals surface area contributed by atoms with E-state index in [4.69, 9.17) is 0 Å². The molecule has 0 aromatic carbocycles. The van der Waals surface area contributed by atoms with Gasteiger partial charge in [0.15, 0.2) is 5.82 Å². The molecule has 0 radical (unpaired) electrons. The van der Waals surface area contributed by atoms with E-state index in [9.17, 15) is 4.79 Å². The van der Waals surface area contributed by atoms with Crippen molar-refractivity contribution in [3.8, 4) is 0 Å². The lowest BCUT2D eigenvalue weighted by Gasteiger charge is -2.28. The molecule has 4 nitrogen and oxygen atoms in total. The number of nitrogens with one attached hydrogen (secondary N) is 1. The molecule has 1 aromatic rings. The van der Waals surface area contributed by atoms with Crippen molar-refractivity contribution in [3.05, 3.63) is 22.7 Å². The van der Waals surface area contributed by atoms with Gasteiger partial charge in [0.1, 0.15) is 0 Å². The summed E-state index contributed by atoms with van der Waals surface area (Å²) >= 11 is 0. The number of aromatic nitrogens is 2. The zero-order valence-electron chi connectivity index (χ0n) is 10.2. The number of anilines is 1. The highest BCUT2D eigenvalue weighted by molar-refractivity contribution is 5.33. The summed E-state index contributed by atoms with van der Waals surface area (Å²) in [5.41, 5.74) is -0.224. The van der Waals surface area contributed by atoms with E-state index >= 15 is 0 Å². The molecule has 2 rings (SSSR count). The average molecular weight is 221 g/mol. The Bertz CT molecular complexity index is 427. The smallest absolute Gasteiger partial charge is 0.293 e. The quantitative estimate of drug-likeness (QED) is 0.830. The van der Waals surface area contributed by atoms with Gasteiger partial charge in [0.05, 0.1) is 0 Å². The van der Waals surface area contributed by atoms with Crippen LogP contribution in [0.3, 0.4) is 0 Å². The molecule has 1 fully saturated rings. The van der Waals surface area contributed by atoms with Crippen LogP contribution in [0.4, 0.5) is 5.82 Å². The molecule has 0 amide bonds. The van der Waals surface area contributed by atoms with Crippen LogP contribution in [0.1, 0.15) is 40.0 Å². The van der Waals surface area contributed by atoms with Gasteiger partial charge >= 0.3 is 0 Å². The highest BCUT2D eigenvalue weighted by atomic mass is 16.1. The lowest BCUT2D eigenvalue weighted by Crippen LogP contribution is -2.38. The fourth-order valence-corrected chi connectivity index (χ4v) is 1.78. The fraction of sp³-hybridized carbons (Fsp3) is 0.667. The summed E-state index contributed by atoms with van der Waals surface area (Å²) in [4.78, 5) is 16.3. The van der Waals surface area contributed by atoms with E-state index in [2.05, 4.69) is 10.3 Å². The summed E-state index contributed by atoms with van der Waals surface area (Å²) in [6.45, 7) is 6.05. The largest absolute Gasteiger partial charge is 0.363 e. The zero-order chi connectivity index (χ0) is 11.8. The molecular formula is C12H19N3O. The van der Waals surface area contributed by atoms with Gasteiger partial charge in [0, 0.05) is 24.0 Å². The van der Waals surface area contributed by atoms with Gasteiger partial charge in [-0.1, -0.05) is 0 Å². The Labute approximate surface area is 95.7 Å². The number of hydrogen-bond donors (Lipinski definition) is 1. The first kappa shape index (κ1) is 11.2. The molecule has 0 spiro atoms. The third-order valence-electron chi connectivity index (χ3n) is 3.01. The lowest BCUT2D eigenvalue weighted by atomic mass is 9.93. The summed E-state index contributed by atoms with van der Waals surface area (Å²) < 4.78 is 1.72. The van der Waals surface area contributed by atoms with Crippen molar-refractivity contribution in [2.75, 3.05) is 5.32 Å². The van der Waals surface area contributed by atoms with Crippen LogP contribution in [0.5, 0.6) is 0 Å². The summed E-state index contributed by atoms with van der Waals surface area (Å²) in [5.74, 6) is 0.488. The van der Waals surface area contributed by atoms with Crippen molar-refractivity contribution >= 4 is 5.82 Å². The van der Waals surface area contributed by atoms with Crippen LogP contribution < -0.4 is 10.9 Å². The average Bonchev–Trinajstić information content (AvgIpc) is 2.11. The van der Waals surface area contributed by atoms with Gasteiger partial charge in [0.2, 0.25) is 0 Å². The fourth-order valence-electron chi connectivity index (χ4n) is 1.78. The zero-order valence-corrected chi connectivity index (χ0v) is 10.2. The summed E-state index contributed by atoms with van der Waals surface area (Å²) in [7, 11) is 0. The third-order valence-corrected chi connectivity index (χ3v) is 3.01. The van der Waals surface area contributed by atoms with E-state index in [1.54, 1.807) is 17.0 Å². The van der Waals surface area contributed by atoms with Crippen molar-refractivity contribution in [2.45, 2.75) is 51.6 Å². The first-order chi connectivity index (χ1) is 7.48. The van der Waals surface area contributed by atoms with E-state index in [1.807, 2.05) is 20.8 Å². The molecule has 1 N–H and O–H groups in total. The van der Waals surface area contributed by atoms with Crippen molar-refractivity contribution in [2.24, 2.45) is 0 Å². The Morgan fingerprint density at radius 1 is 1.44 bits per heavy atom. The van der Waals surface area contributed by atoms with Crippen LogP contribution >= 0.6 is 0 Å². The minimum atomic E-state index is -0.198. The maximum Gasteiger partial charge on any atom is 0.293 e. The summed E-state index contributed by atoms with van der Waals surface area (Å²) in [6.07, 6.45) is 6.97. The molecule has 88 valence electrons. The predicted octanol–water partition coefficient (Wildman–Crippen LogP) is 1.96. The Hall–Kier alpha value is -1.32. The topological polar surface area (TPSA) is 46.9 Å². The van der Waals surface area contributed by atoms with Gasteiger partial charge in [-0.15, -0.1) is 0 Å². The van der Waals surface area contributed by atoms with E-state index < -0.39 is 0 Å². The normalized spacial score (nSPS) is 16.9. The minimum absolute atomic E-state index is 0.0260. The van der Waals surface area contributed by atoms with Crippen LogP contribution in [0.2, 0.25) is 0 Å². The molecule has 1 aliphatic carbocycles. The van der Waals surface area contributed by atoms with Crippen LogP contribution in [-0.2, 0) is 5.54 Å². The minimum Gasteiger partial charge on any atom is -0.363 e. The molecular weight excluding hydrogens is 202 g/mol. The first-order valence-corrected chi connectivity index (χ1v) is 5.83. The Kier molecular flexibility index (Phi) is 2.74. The van der Waals surface area contributed by atoms with E-state index in [1.165, 1.54) is 6.42 Å². The molecule has 1 saturated carbocycles. The lowest BCUT2D eigenvalue weighted by molar-refractivity contribution is 0.381. The van der Waals surface area contributed by atoms with E-state index in [-0.39, 0.29) is 11.1 Å². The maximum absolute atomic E-state index is 12.1. The first-order valence-electron chi connectivity index (χ1n) is 5.83. The predicted molar refractivity (Wildman–Crippen MR) is 64.8 cm³/mol. The summed E-state index contributed by atoms with van der Waals surface area (Å²) in [5, 5.41) is 3.21. The third kappa shape index (κ3) is 2.10. The van der Waals surface area contributed by atoms with Crippen molar-refractivity contribution < 1.29 is 0 Å². The molecule has 0 unspecified atom stereocenters. The van der Waals surface area contributed by atoms with Crippen LogP contribution in [-0.4, -0.2) is 15.6 Å². The molecule has 0 atom stereocenters. The van der Waals surface area contributed by atoms with Crippen LogP contribution in [0.15, 0.2) is 17.2 Å². The number of nitrogens with zero attached hydrogens (tertiary/aromatic N) is 2. The molecule has 0 aliphatic heterocycles. The van der Waals surface area contributed by atoms with Crippen molar-refractivity contribution in [1.29, 1.82) is 0 Å². The van der Waals surface area contributed by atoms with Crippen LogP contribution in [0.25, 0.3) is 0 Å². The van der Waals surface area contributed by atoms with Crippen molar-refractivity contribution in [3.63, 3.8) is 0 Å².